The molecule has 0 aliphatic carbocycles. The van der Waals surface area contributed by atoms with Crippen LogP contribution < -0.4 is 5.32 Å². The molecule has 1 nitrogen and oxygen atoms in total. The van der Waals surface area contributed by atoms with Gasteiger partial charge in [0.1, 0.15) is 11.6 Å². The van der Waals surface area contributed by atoms with E-state index in [1.165, 1.54) is 6.07 Å². The van der Waals surface area contributed by atoms with Gasteiger partial charge in [-0.05, 0) is 37.6 Å². The van der Waals surface area contributed by atoms with E-state index < -0.39 is 11.6 Å². The summed E-state index contributed by atoms with van der Waals surface area (Å²) in [6.45, 7) is 7.75. The predicted molar refractivity (Wildman–Crippen MR) is 67.7 cm³/mol. The van der Waals surface area contributed by atoms with Gasteiger partial charge in [0.05, 0.1) is 0 Å². The maximum atomic E-state index is 13.3. The summed E-state index contributed by atoms with van der Waals surface area (Å²) in [5.41, 5.74) is 1.28. The van der Waals surface area contributed by atoms with Crippen molar-refractivity contribution in [2.75, 3.05) is 13.1 Å². The summed E-state index contributed by atoms with van der Waals surface area (Å²) in [7, 11) is 0. The molecule has 1 rings (SSSR count). The molecule has 3 heteroatoms. The number of benzene rings is 1. The lowest BCUT2D eigenvalue weighted by Crippen LogP contribution is -2.21. The lowest BCUT2D eigenvalue weighted by atomic mass is 10.1. The van der Waals surface area contributed by atoms with E-state index in [2.05, 4.69) is 19.2 Å². The van der Waals surface area contributed by atoms with Crippen molar-refractivity contribution in [3.63, 3.8) is 0 Å². The van der Waals surface area contributed by atoms with E-state index in [0.717, 1.165) is 24.3 Å². The van der Waals surface area contributed by atoms with Crippen molar-refractivity contribution in [1.29, 1.82) is 0 Å². The van der Waals surface area contributed by atoms with Crippen molar-refractivity contribution in [3.8, 4) is 0 Å². The lowest BCUT2D eigenvalue weighted by molar-refractivity contribution is 0.572. The van der Waals surface area contributed by atoms with Crippen LogP contribution in [0.4, 0.5) is 8.78 Å². The number of halogens is 2. The van der Waals surface area contributed by atoms with E-state index in [9.17, 15) is 8.78 Å². The first-order chi connectivity index (χ1) is 7.99. The van der Waals surface area contributed by atoms with Gasteiger partial charge < -0.3 is 5.32 Å². The molecule has 0 saturated carbocycles. The zero-order valence-electron chi connectivity index (χ0n) is 10.6. The van der Waals surface area contributed by atoms with Gasteiger partial charge in [0, 0.05) is 12.1 Å². The normalized spacial score (nSPS) is 12.2. The molecule has 0 bridgehead atoms. The van der Waals surface area contributed by atoms with Crippen molar-refractivity contribution < 1.29 is 8.78 Å². The predicted octanol–water partition coefficient (Wildman–Crippen LogP) is 3.61. The summed E-state index contributed by atoms with van der Waals surface area (Å²) >= 11 is 0. The van der Waals surface area contributed by atoms with E-state index in [-0.39, 0.29) is 0 Å². The molecule has 1 aromatic carbocycles. The maximum Gasteiger partial charge on any atom is 0.130 e. The second kappa shape index (κ2) is 6.50. The van der Waals surface area contributed by atoms with Gasteiger partial charge in [0.2, 0.25) is 0 Å². The molecule has 0 atom stereocenters. The van der Waals surface area contributed by atoms with Crippen LogP contribution in [0.25, 0.3) is 6.08 Å². The van der Waals surface area contributed by atoms with Crippen LogP contribution in [0.3, 0.4) is 0 Å². The Labute approximate surface area is 102 Å². The van der Waals surface area contributed by atoms with Gasteiger partial charge in [0.15, 0.2) is 0 Å². The lowest BCUT2D eigenvalue weighted by Gasteiger charge is -2.07. The SMILES string of the molecule is CC(=Cc1cc(F)ccc1F)CNCC(C)C. The van der Waals surface area contributed by atoms with E-state index >= 15 is 0 Å². The molecule has 0 amide bonds. The smallest absolute Gasteiger partial charge is 0.130 e. The van der Waals surface area contributed by atoms with Gasteiger partial charge in [0.25, 0.3) is 0 Å². The zero-order valence-corrected chi connectivity index (χ0v) is 10.6. The van der Waals surface area contributed by atoms with Crippen LogP contribution in [-0.2, 0) is 0 Å². The molecule has 0 fully saturated rings. The van der Waals surface area contributed by atoms with Crippen molar-refractivity contribution in [2.24, 2.45) is 5.92 Å². The van der Waals surface area contributed by atoms with E-state index in [0.29, 0.717) is 18.0 Å². The first kappa shape index (κ1) is 13.8. The van der Waals surface area contributed by atoms with Crippen LogP contribution in [-0.4, -0.2) is 13.1 Å². The summed E-state index contributed by atoms with van der Waals surface area (Å²) < 4.78 is 26.3. The minimum Gasteiger partial charge on any atom is -0.313 e. The molecule has 0 aliphatic heterocycles. The Morgan fingerprint density at radius 3 is 2.71 bits per heavy atom. The van der Waals surface area contributed by atoms with Gasteiger partial charge in [-0.1, -0.05) is 25.5 Å². The van der Waals surface area contributed by atoms with Crippen LogP contribution in [0.2, 0.25) is 0 Å². The van der Waals surface area contributed by atoms with E-state index in [4.69, 9.17) is 0 Å². The third-order valence-electron chi connectivity index (χ3n) is 2.32. The van der Waals surface area contributed by atoms with Gasteiger partial charge >= 0.3 is 0 Å². The Kier molecular flexibility index (Phi) is 5.29. The summed E-state index contributed by atoms with van der Waals surface area (Å²) in [5.74, 6) is -0.232. The number of hydrogen-bond donors (Lipinski definition) is 1. The largest absolute Gasteiger partial charge is 0.313 e. The summed E-state index contributed by atoms with van der Waals surface area (Å²) in [6, 6.07) is 3.48. The highest BCUT2D eigenvalue weighted by Gasteiger charge is 2.01. The summed E-state index contributed by atoms with van der Waals surface area (Å²) in [5, 5.41) is 3.25. The average molecular weight is 239 g/mol. The second-order valence-electron chi connectivity index (χ2n) is 4.68. The van der Waals surface area contributed by atoms with Gasteiger partial charge in [-0.25, -0.2) is 8.78 Å². The molecule has 0 aromatic heterocycles. The van der Waals surface area contributed by atoms with Crippen molar-refractivity contribution in [1.82, 2.24) is 5.32 Å². The van der Waals surface area contributed by atoms with Crippen LogP contribution in [0.5, 0.6) is 0 Å². The molecule has 0 spiro atoms. The number of rotatable bonds is 5. The Morgan fingerprint density at radius 2 is 2.06 bits per heavy atom. The Bertz CT molecular complexity index is 397. The fourth-order valence-electron chi connectivity index (χ4n) is 1.50. The fourth-order valence-corrected chi connectivity index (χ4v) is 1.50. The highest BCUT2D eigenvalue weighted by molar-refractivity contribution is 5.53. The topological polar surface area (TPSA) is 12.0 Å². The molecule has 0 radical (unpaired) electrons. The molecule has 17 heavy (non-hydrogen) atoms. The molecular formula is C14H19F2N. The van der Waals surface area contributed by atoms with Crippen LogP contribution in [0, 0.1) is 17.6 Å². The minimum absolute atomic E-state index is 0.300. The van der Waals surface area contributed by atoms with Crippen molar-refractivity contribution in [3.05, 3.63) is 41.0 Å². The van der Waals surface area contributed by atoms with Crippen molar-refractivity contribution in [2.45, 2.75) is 20.8 Å². The molecule has 0 aliphatic rings. The average Bonchev–Trinajstić information content (AvgIpc) is 2.23. The van der Waals surface area contributed by atoms with Crippen LogP contribution >= 0.6 is 0 Å². The molecule has 0 unspecified atom stereocenters. The molecule has 1 aromatic rings. The first-order valence-electron chi connectivity index (χ1n) is 5.82. The number of hydrogen-bond acceptors (Lipinski definition) is 1. The monoisotopic (exact) mass is 239 g/mol. The maximum absolute atomic E-state index is 13.3. The van der Waals surface area contributed by atoms with E-state index in [1.54, 1.807) is 6.08 Å². The second-order valence-corrected chi connectivity index (χ2v) is 4.68. The molecule has 0 heterocycles. The number of nitrogens with one attached hydrogen (secondary N) is 1. The first-order valence-corrected chi connectivity index (χ1v) is 5.82. The Balaban J connectivity index is 2.63. The van der Waals surface area contributed by atoms with Crippen molar-refractivity contribution >= 4 is 6.08 Å². The Morgan fingerprint density at radius 1 is 1.35 bits per heavy atom. The molecule has 1 N–H and O–H groups in total. The van der Waals surface area contributed by atoms with E-state index in [1.807, 2.05) is 6.92 Å². The highest BCUT2D eigenvalue weighted by Crippen LogP contribution is 2.13. The standard InChI is InChI=1S/C14H19F2N/c1-10(2)8-17-9-11(3)6-12-7-13(15)4-5-14(12)16/h4-7,10,17H,8-9H2,1-3H3. The fraction of sp³-hybridized carbons (Fsp3) is 0.429. The molecule has 94 valence electrons. The summed E-state index contributed by atoms with van der Waals surface area (Å²) in [6.07, 6.45) is 1.67. The van der Waals surface area contributed by atoms with Gasteiger partial charge in [-0.2, -0.15) is 0 Å². The molecular weight excluding hydrogens is 220 g/mol. The van der Waals surface area contributed by atoms with Crippen LogP contribution in [0.1, 0.15) is 26.3 Å². The third-order valence-corrected chi connectivity index (χ3v) is 2.32. The highest BCUT2D eigenvalue weighted by atomic mass is 19.1. The minimum atomic E-state index is -0.416. The van der Waals surface area contributed by atoms with Gasteiger partial charge in [-0.3, -0.25) is 0 Å². The third kappa shape index (κ3) is 5.09. The van der Waals surface area contributed by atoms with Crippen LogP contribution in [0.15, 0.2) is 23.8 Å². The van der Waals surface area contributed by atoms with Gasteiger partial charge in [-0.15, -0.1) is 0 Å². The zero-order chi connectivity index (χ0) is 12.8. The summed E-state index contributed by atoms with van der Waals surface area (Å²) in [4.78, 5) is 0. The molecule has 0 saturated heterocycles. The quantitative estimate of drug-likeness (QED) is 0.827. The Hall–Kier alpha value is -1.22.